The van der Waals surface area contributed by atoms with Crippen LogP contribution in [-0.2, 0) is 4.79 Å². The van der Waals surface area contributed by atoms with Crippen LogP contribution in [0.3, 0.4) is 0 Å². The molecule has 64 valence electrons. The van der Waals surface area contributed by atoms with Gasteiger partial charge in [0.15, 0.2) is 0 Å². The Morgan fingerprint density at radius 3 is 2.67 bits per heavy atom. The summed E-state index contributed by atoms with van der Waals surface area (Å²) in [6, 6.07) is 4.57. The fourth-order valence-corrected chi connectivity index (χ4v) is 0.864. The number of benzene rings is 1. The van der Waals surface area contributed by atoms with Crippen molar-refractivity contribution in [1.29, 1.82) is 0 Å². The molecule has 0 aliphatic carbocycles. The van der Waals surface area contributed by atoms with Crippen LogP contribution in [-0.4, -0.2) is 5.91 Å². The lowest BCUT2D eigenvalue weighted by Gasteiger charge is -2.06. The lowest BCUT2D eigenvalue weighted by Crippen LogP contribution is -2.28. The van der Waals surface area contributed by atoms with Gasteiger partial charge in [-0.25, -0.2) is 4.39 Å². The van der Waals surface area contributed by atoms with E-state index in [1.807, 2.05) is 0 Å². The highest BCUT2D eigenvalue weighted by Crippen LogP contribution is 2.10. The summed E-state index contributed by atoms with van der Waals surface area (Å²) in [5, 5.41) is 0. The van der Waals surface area contributed by atoms with E-state index < -0.39 is 17.8 Å². The molecule has 4 heteroatoms. The maximum atomic E-state index is 12.6. The molecule has 1 amide bonds. The van der Waals surface area contributed by atoms with Crippen LogP contribution in [0, 0.1) is 5.82 Å². The van der Waals surface area contributed by atoms with Crippen LogP contribution in [0.4, 0.5) is 4.39 Å². The van der Waals surface area contributed by atoms with Crippen molar-refractivity contribution in [3.05, 3.63) is 35.6 Å². The van der Waals surface area contributed by atoms with Crippen molar-refractivity contribution >= 4 is 5.91 Å². The molecule has 0 saturated heterocycles. The molecule has 0 saturated carbocycles. The third-order valence-corrected chi connectivity index (χ3v) is 1.51. The van der Waals surface area contributed by atoms with E-state index in [1.165, 1.54) is 18.2 Å². The number of carbonyl (C=O) groups excluding carboxylic acids is 1. The van der Waals surface area contributed by atoms with E-state index in [4.69, 9.17) is 11.5 Å². The first-order valence-electron chi connectivity index (χ1n) is 3.41. The molecule has 3 nitrogen and oxygen atoms in total. The Morgan fingerprint density at radius 2 is 2.17 bits per heavy atom. The molecule has 0 spiro atoms. The smallest absolute Gasteiger partial charge is 0.238 e. The summed E-state index contributed by atoms with van der Waals surface area (Å²) in [6.07, 6.45) is 0. The van der Waals surface area contributed by atoms with E-state index in [2.05, 4.69) is 0 Å². The number of amides is 1. The second-order valence-corrected chi connectivity index (χ2v) is 2.44. The van der Waals surface area contributed by atoms with Gasteiger partial charge < -0.3 is 11.5 Å². The summed E-state index contributed by atoms with van der Waals surface area (Å²) in [5.74, 6) is -1.09. The second-order valence-electron chi connectivity index (χ2n) is 2.44. The third-order valence-electron chi connectivity index (χ3n) is 1.51. The van der Waals surface area contributed by atoms with Gasteiger partial charge in [-0.1, -0.05) is 12.1 Å². The minimum absolute atomic E-state index is 0.391. The number of hydrogen-bond donors (Lipinski definition) is 2. The predicted molar refractivity (Wildman–Crippen MR) is 42.5 cm³/mol. The monoisotopic (exact) mass is 168 g/mol. The molecular formula is C8H9FN2O. The van der Waals surface area contributed by atoms with Gasteiger partial charge in [-0.2, -0.15) is 0 Å². The van der Waals surface area contributed by atoms with Crippen LogP contribution < -0.4 is 11.5 Å². The van der Waals surface area contributed by atoms with Crippen molar-refractivity contribution in [2.24, 2.45) is 11.5 Å². The van der Waals surface area contributed by atoms with Crippen molar-refractivity contribution in [2.75, 3.05) is 0 Å². The highest BCUT2D eigenvalue weighted by molar-refractivity contribution is 5.81. The zero-order valence-electron chi connectivity index (χ0n) is 6.33. The maximum Gasteiger partial charge on any atom is 0.238 e. The van der Waals surface area contributed by atoms with E-state index in [0.29, 0.717) is 5.56 Å². The highest BCUT2D eigenvalue weighted by atomic mass is 19.1. The maximum absolute atomic E-state index is 12.6. The summed E-state index contributed by atoms with van der Waals surface area (Å²) in [5.41, 5.74) is 10.7. The third kappa shape index (κ3) is 1.79. The molecule has 0 fully saturated rings. The van der Waals surface area contributed by atoms with Crippen molar-refractivity contribution in [2.45, 2.75) is 6.04 Å². The summed E-state index contributed by atoms with van der Waals surface area (Å²) in [4.78, 5) is 10.6. The van der Waals surface area contributed by atoms with Crippen LogP contribution in [0.1, 0.15) is 11.6 Å². The van der Waals surface area contributed by atoms with Gasteiger partial charge >= 0.3 is 0 Å². The lowest BCUT2D eigenvalue weighted by atomic mass is 10.1. The van der Waals surface area contributed by atoms with Gasteiger partial charge in [0.2, 0.25) is 5.91 Å². The number of nitrogens with two attached hydrogens (primary N) is 2. The lowest BCUT2D eigenvalue weighted by molar-refractivity contribution is -0.119. The number of rotatable bonds is 2. The topological polar surface area (TPSA) is 69.1 Å². The van der Waals surface area contributed by atoms with Gasteiger partial charge in [0.25, 0.3) is 0 Å². The molecule has 1 aromatic carbocycles. The van der Waals surface area contributed by atoms with Crippen LogP contribution in [0.2, 0.25) is 0 Å². The molecule has 0 radical (unpaired) electrons. The number of primary amides is 1. The molecular weight excluding hydrogens is 159 g/mol. The Morgan fingerprint density at radius 1 is 1.50 bits per heavy atom. The molecule has 0 aliphatic rings. The molecule has 4 N–H and O–H groups in total. The molecule has 1 aromatic rings. The first-order valence-corrected chi connectivity index (χ1v) is 3.41. The van der Waals surface area contributed by atoms with Crippen LogP contribution >= 0.6 is 0 Å². The fraction of sp³-hybridized carbons (Fsp3) is 0.125. The molecule has 0 aromatic heterocycles. The number of hydrogen-bond acceptors (Lipinski definition) is 2. The van der Waals surface area contributed by atoms with Gasteiger partial charge in [0, 0.05) is 0 Å². The Bertz CT molecular complexity index is 301. The van der Waals surface area contributed by atoms with E-state index in [0.717, 1.165) is 0 Å². The van der Waals surface area contributed by atoms with E-state index in [-0.39, 0.29) is 0 Å². The predicted octanol–water partition coefficient (Wildman–Crippen LogP) is 0.311. The zero-order chi connectivity index (χ0) is 9.14. The van der Waals surface area contributed by atoms with Crippen molar-refractivity contribution < 1.29 is 9.18 Å². The minimum Gasteiger partial charge on any atom is -0.368 e. The van der Waals surface area contributed by atoms with E-state index in [1.54, 1.807) is 6.07 Å². The van der Waals surface area contributed by atoms with E-state index >= 15 is 0 Å². The molecule has 0 unspecified atom stereocenters. The number of carbonyl (C=O) groups is 1. The standard InChI is InChI=1S/C8H9FN2O/c9-6-3-1-2-5(4-6)7(10)8(11)12/h1-4,7H,10H2,(H2,11,12)/t7-/m0/s1. The average molecular weight is 168 g/mol. The largest absolute Gasteiger partial charge is 0.368 e. The Kier molecular flexibility index (Phi) is 2.40. The molecule has 0 bridgehead atoms. The van der Waals surface area contributed by atoms with Gasteiger partial charge in [-0.15, -0.1) is 0 Å². The second kappa shape index (κ2) is 3.32. The quantitative estimate of drug-likeness (QED) is 0.667. The Labute approximate surface area is 69.2 Å². The number of halogens is 1. The van der Waals surface area contributed by atoms with Crippen LogP contribution in [0.5, 0.6) is 0 Å². The van der Waals surface area contributed by atoms with E-state index in [9.17, 15) is 9.18 Å². The van der Waals surface area contributed by atoms with Crippen molar-refractivity contribution in [3.8, 4) is 0 Å². The van der Waals surface area contributed by atoms with Gasteiger partial charge in [-0.3, -0.25) is 4.79 Å². The highest BCUT2D eigenvalue weighted by Gasteiger charge is 2.11. The summed E-state index contributed by atoms with van der Waals surface area (Å²) >= 11 is 0. The molecule has 1 rings (SSSR count). The van der Waals surface area contributed by atoms with Crippen LogP contribution in [0.15, 0.2) is 24.3 Å². The first kappa shape index (κ1) is 8.67. The molecule has 12 heavy (non-hydrogen) atoms. The summed E-state index contributed by atoms with van der Waals surface area (Å²) in [7, 11) is 0. The van der Waals surface area contributed by atoms with Crippen molar-refractivity contribution in [3.63, 3.8) is 0 Å². The molecule has 0 heterocycles. The zero-order valence-corrected chi connectivity index (χ0v) is 6.33. The Balaban J connectivity index is 2.95. The first-order chi connectivity index (χ1) is 5.61. The Hall–Kier alpha value is -1.42. The fourth-order valence-electron chi connectivity index (χ4n) is 0.864. The van der Waals surface area contributed by atoms with Crippen LogP contribution in [0.25, 0.3) is 0 Å². The van der Waals surface area contributed by atoms with Crippen molar-refractivity contribution in [1.82, 2.24) is 0 Å². The molecule has 1 atom stereocenters. The van der Waals surface area contributed by atoms with Gasteiger partial charge in [0.05, 0.1) is 0 Å². The summed E-state index contributed by atoms with van der Waals surface area (Å²) < 4.78 is 12.6. The van der Waals surface area contributed by atoms with Gasteiger partial charge in [-0.05, 0) is 17.7 Å². The average Bonchev–Trinajstić information content (AvgIpc) is 2.03. The SMILES string of the molecule is NC(=O)[C@@H](N)c1cccc(F)c1. The molecule has 0 aliphatic heterocycles. The summed E-state index contributed by atoms with van der Waals surface area (Å²) in [6.45, 7) is 0. The normalized spacial score (nSPS) is 12.5. The minimum atomic E-state index is -0.930. The van der Waals surface area contributed by atoms with Gasteiger partial charge in [0.1, 0.15) is 11.9 Å².